The Labute approximate surface area is 128 Å². The summed E-state index contributed by atoms with van der Waals surface area (Å²) in [5, 5.41) is 9.20. The molecular formula is C16H19NO3S. The highest BCUT2D eigenvalue weighted by molar-refractivity contribution is 8.00. The van der Waals surface area contributed by atoms with Gasteiger partial charge in [-0.15, -0.1) is 11.8 Å². The third-order valence-corrected chi connectivity index (χ3v) is 4.98. The van der Waals surface area contributed by atoms with E-state index in [0.717, 1.165) is 5.56 Å². The third-order valence-electron chi connectivity index (χ3n) is 3.36. The van der Waals surface area contributed by atoms with Gasteiger partial charge in [-0.1, -0.05) is 44.2 Å². The van der Waals surface area contributed by atoms with Crippen LogP contribution in [0.1, 0.15) is 19.4 Å². The van der Waals surface area contributed by atoms with Crippen molar-refractivity contribution in [1.29, 1.82) is 0 Å². The van der Waals surface area contributed by atoms with Crippen LogP contribution in [0.4, 0.5) is 0 Å². The normalized spacial score (nSPS) is 22.1. The SMILES string of the molecule is CC(C)C1SCC(C(=O)O)N1C(=O)C=Cc1ccccc1. The molecule has 0 saturated carbocycles. The van der Waals surface area contributed by atoms with Gasteiger partial charge in [0.15, 0.2) is 0 Å². The number of carbonyl (C=O) groups excluding carboxylic acids is 1. The molecule has 1 aliphatic heterocycles. The van der Waals surface area contributed by atoms with Crippen LogP contribution in [-0.4, -0.2) is 39.1 Å². The molecule has 0 radical (unpaired) electrons. The first kappa shape index (κ1) is 15.6. The second-order valence-corrected chi connectivity index (χ2v) is 6.46. The number of thioether (sulfide) groups is 1. The summed E-state index contributed by atoms with van der Waals surface area (Å²) in [6, 6.07) is 8.76. The lowest BCUT2D eigenvalue weighted by atomic mass is 10.1. The van der Waals surface area contributed by atoms with Gasteiger partial charge >= 0.3 is 5.97 Å². The molecule has 1 aromatic rings. The standard InChI is InChI=1S/C16H19NO3S/c1-11(2)15-17(13(10-21-15)16(19)20)14(18)9-8-12-6-4-3-5-7-12/h3-9,11,13,15H,10H2,1-2H3,(H,19,20). The van der Waals surface area contributed by atoms with Crippen molar-refractivity contribution in [3.8, 4) is 0 Å². The van der Waals surface area contributed by atoms with Crippen LogP contribution in [-0.2, 0) is 9.59 Å². The van der Waals surface area contributed by atoms with Crippen LogP contribution in [0, 0.1) is 5.92 Å². The largest absolute Gasteiger partial charge is 0.480 e. The predicted molar refractivity (Wildman–Crippen MR) is 84.8 cm³/mol. The van der Waals surface area contributed by atoms with Crippen molar-refractivity contribution < 1.29 is 14.7 Å². The highest BCUT2D eigenvalue weighted by Crippen LogP contribution is 2.34. The van der Waals surface area contributed by atoms with Crippen LogP contribution in [0.2, 0.25) is 0 Å². The number of carboxylic acids is 1. The zero-order valence-corrected chi connectivity index (χ0v) is 12.9. The molecule has 0 aromatic heterocycles. The predicted octanol–water partition coefficient (Wildman–Crippen LogP) is 2.71. The van der Waals surface area contributed by atoms with Gasteiger partial charge < -0.3 is 10.0 Å². The fourth-order valence-corrected chi connectivity index (χ4v) is 3.81. The van der Waals surface area contributed by atoms with E-state index in [0.29, 0.717) is 5.75 Å². The average molecular weight is 305 g/mol. The van der Waals surface area contributed by atoms with Crippen molar-refractivity contribution in [3.05, 3.63) is 42.0 Å². The molecule has 1 aliphatic rings. The summed E-state index contributed by atoms with van der Waals surface area (Å²) >= 11 is 1.54. The smallest absolute Gasteiger partial charge is 0.327 e. The van der Waals surface area contributed by atoms with Crippen LogP contribution >= 0.6 is 11.8 Å². The minimum Gasteiger partial charge on any atom is -0.480 e. The zero-order chi connectivity index (χ0) is 15.4. The topological polar surface area (TPSA) is 57.6 Å². The van der Waals surface area contributed by atoms with E-state index in [9.17, 15) is 14.7 Å². The maximum Gasteiger partial charge on any atom is 0.327 e. The molecule has 21 heavy (non-hydrogen) atoms. The summed E-state index contributed by atoms with van der Waals surface area (Å²) in [6.45, 7) is 4.01. The number of aliphatic carboxylic acids is 1. The van der Waals surface area contributed by atoms with Gasteiger partial charge in [0.2, 0.25) is 5.91 Å². The number of benzene rings is 1. The Morgan fingerprint density at radius 3 is 2.57 bits per heavy atom. The molecule has 0 bridgehead atoms. The highest BCUT2D eigenvalue weighted by Gasteiger charge is 2.41. The van der Waals surface area contributed by atoms with Crippen LogP contribution in [0.15, 0.2) is 36.4 Å². The van der Waals surface area contributed by atoms with E-state index < -0.39 is 12.0 Å². The summed E-state index contributed by atoms with van der Waals surface area (Å²) in [5.41, 5.74) is 0.922. The van der Waals surface area contributed by atoms with Gasteiger partial charge in [-0.2, -0.15) is 0 Å². The summed E-state index contributed by atoms with van der Waals surface area (Å²) in [4.78, 5) is 25.2. The first-order chi connectivity index (χ1) is 10.0. The lowest BCUT2D eigenvalue weighted by molar-refractivity contribution is -0.147. The fraction of sp³-hybridized carbons (Fsp3) is 0.375. The van der Waals surface area contributed by atoms with E-state index in [2.05, 4.69) is 0 Å². The van der Waals surface area contributed by atoms with E-state index in [-0.39, 0.29) is 17.2 Å². The minimum absolute atomic E-state index is 0.0842. The zero-order valence-electron chi connectivity index (χ0n) is 12.1. The van der Waals surface area contributed by atoms with E-state index in [1.807, 2.05) is 44.2 Å². The maximum absolute atomic E-state index is 12.4. The van der Waals surface area contributed by atoms with Crippen molar-refractivity contribution >= 4 is 29.7 Å². The molecular weight excluding hydrogens is 286 g/mol. The van der Waals surface area contributed by atoms with E-state index in [1.54, 1.807) is 6.08 Å². The van der Waals surface area contributed by atoms with E-state index in [4.69, 9.17) is 0 Å². The Morgan fingerprint density at radius 1 is 1.33 bits per heavy atom. The van der Waals surface area contributed by atoms with Gasteiger partial charge in [-0.05, 0) is 17.6 Å². The molecule has 2 rings (SSSR count). The number of carbonyl (C=O) groups is 2. The molecule has 2 atom stereocenters. The van der Waals surface area contributed by atoms with Crippen LogP contribution in [0.5, 0.6) is 0 Å². The van der Waals surface area contributed by atoms with Crippen LogP contribution < -0.4 is 0 Å². The quantitative estimate of drug-likeness (QED) is 0.869. The van der Waals surface area contributed by atoms with Crippen LogP contribution in [0.25, 0.3) is 6.08 Å². The number of hydrogen-bond acceptors (Lipinski definition) is 3. The molecule has 0 spiro atoms. The van der Waals surface area contributed by atoms with Crippen molar-refractivity contribution in [2.45, 2.75) is 25.3 Å². The molecule has 0 aliphatic carbocycles. The average Bonchev–Trinajstić information content (AvgIpc) is 2.91. The number of hydrogen-bond donors (Lipinski definition) is 1. The van der Waals surface area contributed by atoms with Gasteiger partial charge in [-0.3, -0.25) is 4.79 Å². The number of amides is 1. The number of nitrogens with zero attached hydrogens (tertiary/aromatic N) is 1. The summed E-state index contributed by atoms with van der Waals surface area (Å²) in [6.07, 6.45) is 3.19. The monoisotopic (exact) mass is 305 g/mol. The Morgan fingerprint density at radius 2 is 2.00 bits per heavy atom. The van der Waals surface area contributed by atoms with Crippen molar-refractivity contribution in [2.24, 2.45) is 5.92 Å². The van der Waals surface area contributed by atoms with Gasteiger partial charge in [0.05, 0.1) is 5.37 Å². The molecule has 1 heterocycles. The first-order valence-electron chi connectivity index (χ1n) is 6.90. The molecule has 1 aromatic carbocycles. The van der Waals surface area contributed by atoms with Gasteiger partial charge in [0.1, 0.15) is 6.04 Å². The summed E-state index contributed by atoms with van der Waals surface area (Å²) in [7, 11) is 0. The van der Waals surface area contributed by atoms with Crippen molar-refractivity contribution in [1.82, 2.24) is 4.90 Å². The molecule has 1 fully saturated rings. The van der Waals surface area contributed by atoms with E-state index >= 15 is 0 Å². The Balaban J connectivity index is 2.17. The maximum atomic E-state index is 12.4. The summed E-state index contributed by atoms with van der Waals surface area (Å²) in [5.74, 6) is -0.515. The lowest BCUT2D eigenvalue weighted by Crippen LogP contribution is -2.46. The van der Waals surface area contributed by atoms with Crippen LogP contribution in [0.3, 0.4) is 0 Å². The first-order valence-corrected chi connectivity index (χ1v) is 7.95. The number of carboxylic acid groups (broad SMARTS) is 1. The Bertz CT molecular complexity index is 542. The third kappa shape index (κ3) is 3.67. The van der Waals surface area contributed by atoms with Gasteiger partial charge in [0.25, 0.3) is 0 Å². The molecule has 5 heteroatoms. The van der Waals surface area contributed by atoms with Gasteiger partial charge in [-0.25, -0.2) is 4.79 Å². The second-order valence-electron chi connectivity index (χ2n) is 5.31. The molecule has 4 nitrogen and oxygen atoms in total. The van der Waals surface area contributed by atoms with E-state index in [1.165, 1.54) is 22.7 Å². The Kier molecular flexibility index (Phi) is 5.07. The molecule has 2 unspecified atom stereocenters. The summed E-state index contributed by atoms with van der Waals surface area (Å²) < 4.78 is 0. The van der Waals surface area contributed by atoms with Gasteiger partial charge in [0, 0.05) is 11.8 Å². The highest BCUT2D eigenvalue weighted by atomic mass is 32.2. The fourth-order valence-electron chi connectivity index (χ4n) is 2.33. The molecule has 1 N–H and O–H groups in total. The van der Waals surface area contributed by atoms with Crippen molar-refractivity contribution in [2.75, 3.05) is 5.75 Å². The Hall–Kier alpha value is -1.75. The molecule has 112 valence electrons. The molecule has 1 saturated heterocycles. The van der Waals surface area contributed by atoms with Crippen molar-refractivity contribution in [3.63, 3.8) is 0 Å². The lowest BCUT2D eigenvalue weighted by Gasteiger charge is -2.28. The number of rotatable bonds is 4. The second kappa shape index (κ2) is 6.80. The minimum atomic E-state index is -0.938. The molecule has 1 amide bonds.